The number of benzene rings is 2. The topological polar surface area (TPSA) is 92.9 Å². The number of likely N-dealkylation sites (tertiary alicyclic amines) is 1. The highest BCUT2D eigenvalue weighted by molar-refractivity contribution is 5.79. The molecular formula is C26H28N2O5. The third-order valence-corrected chi connectivity index (χ3v) is 6.19. The van der Waals surface area contributed by atoms with Crippen LogP contribution in [0.25, 0.3) is 0 Å². The number of rotatable bonds is 8. The second kappa shape index (κ2) is 9.90. The van der Waals surface area contributed by atoms with Gasteiger partial charge in [0, 0.05) is 12.6 Å². The highest BCUT2D eigenvalue weighted by Crippen LogP contribution is 2.33. The summed E-state index contributed by atoms with van der Waals surface area (Å²) >= 11 is 0. The Balaban J connectivity index is 1.36. The maximum absolute atomic E-state index is 13.0. The lowest BCUT2D eigenvalue weighted by atomic mass is 10.1. The summed E-state index contributed by atoms with van der Waals surface area (Å²) in [6.07, 6.45) is 1.94. The smallest absolute Gasteiger partial charge is 0.314 e. The van der Waals surface area contributed by atoms with E-state index in [4.69, 9.17) is 9.26 Å². The molecule has 0 aliphatic carbocycles. The SMILES string of the molecule is Cc1ccccc1COc1ccc(CC(=O)N2CCCC2c2cc(C(C)C(=O)O)on2)cc1. The van der Waals surface area contributed by atoms with E-state index in [0.29, 0.717) is 24.6 Å². The summed E-state index contributed by atoms with van der Waals surface area (Å²) in [5, 5.41) is 13.2. The third kappa shape index (κ3) is 5.25. The van der Waals surface area contributed by atoms with Gasteiger partial charge in [0.1, 0.15) is 24.0 Å². The molecule has 2 aromatic carbocycles. The minimum Gasteiger partial charge on any atom is -0.489 e. The monoisotopic (exact) mass is 448 g/mol. The van der Waals surface area contributed by atoms with Crippen molar-refractivity contribution in [1.82, 2.24) is 10.1 Å². The maximum atomic E-state index is 13.0. The molecule has 0 bridgehead atoms. The molecule has 2 unspecified atom stereocenters. The van der Waals surface area contributed by atoms with Crippen LogP contribution in [0.15, 0.2) is 59.1 Å². The maximum Gasteiger partial charge on any atom is 0.314 e. The third-order valence-electron chi connectivity index (χ3n) is 6.19. The first kappa shape index (κ1) is 22.6. The Morgan fingerprint density at radius 2 is 1.97 bits per heavy atom. The van der Waals surface area contributed by atoms with Crippen LogP contribution in [-0.2, 0) is 22.6 Å². The van der Waals surface area contributed by atoms with Gasteiger partial charge in [0.25, 0.3) is 0 Å². The second-order valence-corrected chi connectivity index (χ2v) is 8.50. The first-order valence-electron chi connectivity index (χ1n) is 11.2. The van der Waals surface area contributed by atoms with E-state index in [2.05, 4.69) is 24.2 Å². The van der Waals surface area contributed by atoms with E-state index in [1.54, 1.807) is 13.0 Å². The summed E-state index contributed by atoms with van der Waals surface area (Å²) < 4.78 is 11.1. The van der Waals surface area contributed by atoms with E-state index in [1.807, 2.05) is 41.3 Å². The number of hydrogen-bond acceptors (Lipinski definition) is 5. The number of carbonyl (C=O) groups excluding carboxylic acids is 1. The normalized spacial score (nSPS) is 16.5. The first-order valence-corrected chi connectivity index (χ1v) is 11.2. The first-order chi connectivity index (χ1) is 15.9. The van der Waals surface area contributed by atoms with Gasteiger partial charge in [-0.3, -0.25) is 9.59 Å². The molecular weight excluding hydrogens is 420 g/mol. The Bertz CT molecular complexity index is 1120. The second-order valence-electron chi connectivity index (χ2n) is 8.50. The predicted octanol–water partition coefficient (Wildman–Crippen LogP) is 4.66. The Kier molecular flexibility index (Phi) is 6.77. The van der Waals surface area contributed by atoms with E-state index < -0.39 is 11.9 Å². The molecule has 7 nitrogen and oxygen atoms in total. The standard InChI is InChI=1S/C26H28N2O5/c1-17-6-3-4-7-20(17)16-32-21-11-9-19(10-12-21)14-25(29)28-13-5-8-23(28)22-15-24(33-27-22)18(2)26(30)31/h3-4,6-7,9-12,15,18,23H,5,8,13-14,16H2,1-2H3,(H,30,31). The lowest BCUT2D eigenvalue weighted by Crippen LogP contribution is -2.32. The predicted molar refractivity (Wildman–Crippen MR) is 122 cm³/mol. The van der Waals surface area contributed by atoms with Crippen molar-refractivity contribution < 1.29 is 24.0 Å². The van der Waals surface area contributed by atoms with Gasteiger partial charge in [0.2, 0.25) is 5.91 Å². The van der Waals surface area contributed by atoms with E-state index in [1.165, 1.54) is 5.56 Å². The average molecular weight is 449 g/mol. The highest BCUT2D eigenvalue weighted by atomic mass is 16.5. The summed E-state index contributed by atoms with van der Waals surface area (Å²) in [7, 11) is 0. The van der Waals surface area contributed by atoms with Crippen molar-refractivity contribution in [3.8, 4) is 5.75 Å². The van der Waals surface area contributed by atoms with E-state index >= 15 is 0 Å². The Morgan fingerprint density at radius 3 is 2.70 bits per heavy atom. The molecule has 2 atom stereocenters. The number of aliphatic carboxylic acids is 1. The van der Waals surface area contributed by atoms with Crippen molar-refractivity contribution in [3.63, 3.8) is 0 Å². The van der Waals surface area contributed by atoms with Gasteiger partial charge in [-0.25, -0.2) is 0 Å². The molecule has 0 saturated carbocycles. The number of nitrogens with zero attached hydrogens (tertiary/aromatic N) is 2. The minimum absolute atomic E-state index is 0.0157. The molecule has 1 aliphatic rings. The van der Waals surface area contributed by atoms with Crippen molar-refractivity contribution in [2.45, 2.75) is 51.7 Å². The Morgan fingerprint density at radius 1 is 1.21 bits per heavy atom. The molecule has 4 rings (SSSR count). The highest BCUT2D eigenvalue weighted by Gasteiger charge is 2.33. The molecule has 1 aromatic heterocycles. The van der Waals surface area contributed by atoms with Crippen LogP contribution in [0.1, 0.15) is 59.9 Å². The molecule has 1 fully saturated rings. The van der Waals surface area contributed by atoms with E-state index in [-0.39, 0.29) is 18.4 Å². The van der Waals surface area contributed by atoms with Crippen molar-refractivity contribution in [1.29, 1.82) is 0 Å². The van der Waals surface area contributed by atoms with Crippen LogP contribution in [0, 0.1) is 6.92 Å². The number of amides is 1. The molecule has 1 aliphatic heterocycles. The van der Waals surface area contributed by atoms with Gasteiger partial charge in [-0.15, -0.1) is 0 Å². The van der Waals surface area contributed by atoms with Crippen LogP contribution in [0.3, 0.4) is 0 Å². The molecule has 0 spiro atoms. The number of ether oxygens (including phenoxy) is 1. The summed E-state index contributed by atoms with van der Waals surface area (Å²) in [5.74, 6) is -0.664. The summed E-state index contributed by atoms with van der Waals surface area (Å²) in [6.45, 7) is 4.77. The summed E-state index contributed by atoms with van der Waals surface area (Å²) in [4.78, 5) is 26.0. The fourth-order valence-electron chi connectivity index (χ4n) is 4.07. The van der Waals surface area contributed by atoms with Gasteiger partial charge >= 0.3 is 5.97 Å². The fourth-order valence-corrected chi connectivity index (χ4v) is 4.07. The van der Waals surface area contributed by atoms with Crippen molar-refractivity contribution in [3.05, 3.63) is 82.7 Å². The molecule has 3 aromatic rings. The van der Waals surface area contributed by atoms with Crippen molar-refractivity contribution in [2.24, 2.45) is 0 Å². The molecule has 172 valence electrons. The zero-order chi connectivity index (χ0) is 23.4. The average Bonchev–Trinajstić information content (AvgIpc) is 3.48. The van der Waals surface area contributed by atoms with Gasteiger partial charge in [0.05, 0.1) is 12.5 Å². The lowest BCUT2D eigenvalue weighted by Gasteiger charge is -2.23. The van der Waals surface area contributed by atoms with Crippen LogP contribution in [0.5, 0.6) is 5.75 Å². The molecule has 1 N–H and O–H groups in total. The van der Waals surface area contributed by atoms with Gasteiger partial charge in [0.15, 0.2) is 5.76 Å². The number of aryl methyl sites for hydroxylation is 1. The van der Waals surface area contributed by atoms with Gasteiger partial charge in [-0.2, -0.15) is 0 Å². The van der Waals surface area contributed by atoms with Crippen LogP contribution < -0.4 is 4.74 Å². The number of aromatic nitrogens is 1. The Labute approximate surface area is 193 Å². The van der Waals surface area contributed by atoms with Crippen molar-refractivity contribution >= 4 is 11.9 Å². The Hall–Kier alpha value is -3.61. The van der Waals surface area contributed by atoms with Crippen LogP contribution in [0.4, 0.5) is 0 Å². The van der Waals surface area contributed by atoms with Gasteiger partial charge in [-0.1, -0.05) is 41.6 Å². The molecule has 1 saturated heterocycles. The summed E-state index contributed by atoms with van der Waals surface area (Å²) in [6, 6.07) is 17.2. The van der Waals surface area contributed by atoms with Crippen LogP contribution in [-0.4, -0.2) is 33.6 Å². The van der Waals surface area contributed by atoms with Crippen molar-refractivity contribution in [2.75, 3.05) is 6.54 Å². The van der Waals surface area contributed by atoms with Gasteiger partial charge in [-0.05, 0) is 55.5 Å². The number of carboxylic acids is 1. The lowest BCUT2D eigenvalue weighted by molar-refractivity contribution is -0.138. The number of carboxylic acid groups (broad SMARTS) is 1. The van der Waals surface area contributed by atoms with Crippen LogP contribution >= 0.6 is 0 Å². The largest absolute Gasteiger partial charge is 0.489 e. The quantitative estimate of drug-likeness (QED) is 0.539. The van der Waals surface area contributed by atoms with E-state index in [9.17, 15) is 14.7 Å². The zero-order valence-corrected chi connectivity index (χ0v) is 18.9. The molecule has 7 heteroatoms. The minimum atomic E-state index is -0.969. The number of carbonyl (C=O) groups is 2. The fraction of sp³-hybridized carbons (Fsp3) is 0.346. The number of hydrogen-bond donors (Lipinski definition) is 1. The zero-order valence-electron chi connectivity index (χ0n) is 18.9. The molecule has 2 heterocycles. The molecule has 0 radical (unpaired) electrons. The van der Waals surface area contributed by atoms with Gasteiger partial charge < -0.3 is 19.3 Å². The van der Waals surface area contributed by atoms with Crippen LogP contribution in [0.2, 0.25) is 0 Å². The van der Waals surface area contributed by atoms with E-state index in [0.717, 1.165) is 29.7 Å². The molecule has 1 amide bonds. The summed E-state index contributed by atoms with van der Waals surface area (Å²) in [5.41, 5.74) is 3.86. The molecule has 33 heavy (non-hydrogen) atoms.